The zero-order valence-corrected chi connectivity index (χ0v) is 20.4. The summed E-state index contributed by atoms with van der Waals surface area (Å²) in [6.07, 6.45) is 0.717. The van der Waals surface area contributed by atoms with Gasteiger partial charge in [-0.05, 0) is 72.1 Å². The van der Waals surface area contributed by atoms with E-state index in [1.807, 2.05) is 65.6 Å². The van der Waals surface area contributed by atoms with Crippen molar-refractivity contribution in [1.29, 1.82) is 0 Å². The number of carbonyl (C=O) groups is 1. The van der Waals surface area contributed by atoms with Gasteiger partial charge in [-0.1, -0.05) is 22.0 Å². The summed E-state index contributed by atoms with van der Waals surface area (Å²) in [4.78, 5) is 15.4. The highest BCUT2D eigenvalue weighted by Crippen LogP contribution is 2.39. The van der Waals surface area contributed by atoms with Gasteiger partial charge in [-0.25, -0.2) is 0 Å². The zero-order valence-electron chi connectivity index (χ0n) is 18.8. The molecule has 172 valence electrons. The number of halogens is 1. The van der Waals surface area contributed by atoms with Gasteiger partial charge < -0.3 is 23.8 Å². The molecule has 3 aromatic rings. The number of nitrogens with zero attached hydrogens (tertiary/aromatic N) is 1. The zero-order chi connectivity index (χ0) is 23.4. The van der Waals surface area contributed by atoms with Crippen molar-refractivity contribution in [1.82, 2.24) is 4.90 Å². The third kappa shape index (κ3) is 4.93. The Kier molecular flexibility index (Phi) is 7.08. The number of methoxy groups -OCH3 is 3. The maximum absolute atomic E-state index is 13.5. The van der Waals surface area contributed by atoms with E-state index in [0.29, 0.717) is 42.4 Å². The van der Waals surface area contributed by atoms with Crippen molar-refractivity contribution in [2.45, 2.75) is 12.5 Å². The number of hydrogen-bond donors (Lipinski definition) is 0. The first-order valence-corrected chi connectivity index (χ1v) is 11.4. The van der Waals surface area contributed by atoms with Gasteiger partial charge in [0.1, 0.15) is 18.1 Å². The molecule has 33 heavy (non-hydrogen) atoms. The average Bonchev–Trinajstić information content (AvgIpc) is 2.86. The molecule has 0 spiro atoms. The maximum Gasteiger partial charge on any atom is 0.254 e. The molecule has 3 aromatic carbocycles. The molecule has 0 fully saturated rings. The summed E-state index contributed by atoms with van der Waals surface area (Å²) < 4.78 is 23.3. The molecule has 4 rings (SSSR count). The monoisotopic (exact) mass is 511 g/mol. The number of benzene rings is 3. The lowest BCUT2D eigenvalue weighted by atomic mass is 9.91. The van der Waals surface area contributed by atoms with Gasteiger partial charge in [0.2, 0.25) is 0 Å². The summed E-state index contributed by atoms with van der Waals surface area (Å²) in [7, 11) is 4.86. The first-order chi connectivity index (χ1) is 16.0. The van der Waals surface area contributed by atoms with E-state index in [4.69, 9.17) is 18.9 Å². The van der Waals surface area contributed by atoms with Crippen molar-refractivity contribution in [2.75, 3.05) is 34.5 Å². The van der Waals surface area contributed by atoms with Crippen LogP contribution in [0.3, 0.4) is 0 Å². The number of hydrogen-bond acceptors (Lipinski definition) is 5. The lowest BCUT2D eigenvalue weighted by Crippen LogP contribution is -2.42. The van der Waals surface area contributed by atoms with Crippen molar-refractivity contribution in [3.63, 3.8) is 0 Å². The number of carbonyl (C=O) groups excluding carboxylic acids is 1. The third-order valence-corrected chi connectivity index (χ3v) is 6.30. The molecule has 1 unspecified atom stereocenters. The Balaban J connectivity index is 1.69. The van der Waals surface area contributed by atoms with Gasteiger partial charge in [0, 0.05) is 16.6 Å². The number of rotatable bonds is 7. The molecule has 1 aliphatic heterocycles. The summed E-state index contributed by atoms with van der Waals surface area (Å²) >= 11 is 3.47. The van der Waals surface area contributed by atoms with E-state index in [9.17, 15) is 4.79 Å². The highest BCUT2D eigenvalue weighted by atomic mass is 79.9. The van der Waals surface area contributed by atoms with Gasteiger partial charge in [-0.3, -0.25) is 4.79 Å². The Morgan fingerprint density at radius 2 is 1.64 bits per heavy atom. The van der Waals surface area contributed by atoms with Crippen LogP contribution in [0.4, 0.5) is 0 Å². The Morgan fingerprint density at radius 1 is 0.939 bits per heavy atom. The van der Waals surface area contributed by atoms with Crippen LogP contribution in [0.15, 0.2) is 65.1 Å². The van der Waals surface area contributed by atoms with Gasteiger partial charge in [0.25, 0.3) is 5.91 Å². The van der Waals surface area contributed by atoms with Gasteiger partial charge >= 0.3 is 0 Å². The fourth-order valence-electron chi connectivity index (χ4n) is 4.09. The Bertz CT molecular complexity index is 1130. The molecule has 1 amide bonds. The van der Waals surface area contributed by atoms with Gasteiger partial charge in [0.15, 0.2) is 11.5 Å². The summed E-state index contributed by atoms with van der Waals surface area (Å²) in [6.45, 7) is 0.874. The number of ether oxygens (including phenoxy) is 4. The number of fused-ring (bicyclic) bond motifs is 1. The molecule has 0 bridgehead atoms. The summed E-state index contributed by atoms with van der Waals surface area (Å²) in [5.41, 5.74) is 2.74. The minimum Gasteiger partial charge on any atom is -0.497 e. The first-order valence-electron chi connectivity index (χ1n) is 10.6. The number of amides is 1. The molecular weight excluding hydrogens is 486 g/mol. The van der Waals surface area contributed by atoms with Gasteiger partial charge in [-0.2, -0.15) is 0 Å². The second-order valence-corrected chi connectivity index (χ2v) is 8.58. The van der Waals surface area contributed by atoms with Crippen LogP contribution in [0, 0.1) is 0 Å². The van der Waals surface area contributed by atoms with Crippen LogP contribution in [-0.4, -0.2) is 45.3 Å². The Labute approximate surface area is 202 Å². The SMILES string of the molecule is COc1ccc(OCC2c3cc(OC)c(OC)cc3CCN2C(=O)c2cccc(Br)c2)cc1. The largest absolute Gasteiger partial charge is 0.497 e. The molecule has 1 atom stereocenters. The molecule has 1 heterocycles. The van der Waals surface area contributed by atoms with Crippen LogP contribution in [-0.2, 0) is 6.42 Å². The van der Waals surface area contributed by atoms with E-state index < -0.39 is 0 Å². The smallest absolute Gasteiger partial charge is 0.254 e. The van der Waals surface area contributed by atoms with Crippen molar-refractivity contribution < 1.29 is 23.7 Å². The van der Waals surface area contributed by atoms with Crippen molar-refractivity contribution in [3.05, 3.63) is 81.8 Å². The standard InChI is InChI=1S/C26H26BrNO5/c1-30-20-7-9-21(10-8-20)33-16-23-22-15-25(32-3)24(31-2)14-17(22)11-12-28(23)26(29)18-5-4-6-19(27)13-18/h4-10,13-15,23H,11-12,16H2,1-3H3. The predicted octanol–water partition coefficient (Wildman–Crippen LogP) is 5.29. The van der Waals surface area contributed by atoms with E-state index in [0.717, 1.165) is 21.3 Å². The van der Waals surface area contributed by atoms with E-state index in [1.54, 1.807) is 21.3 Å². The molecule has 0 radical (unpaired) electrons. The molecule has 6 nitrogen and oxygen atoms in total. The minimum atomic E-state index is -0.290. The van der Waals surface area contributed by atoms with Crippen molar-refractivity contribution in [2.24, 2.45) is 0 Å². The highest BCUT2D eigenvalue weighted by molar-refractivity contribution is 9.10. The van der Waals surface area contributed by atoms with Gasteiger partial charge in [-0.15, -0.1) is 0 Å². The van der Waals surface area contributed by atoms with Crippen molar-refractivity contribution in [3.8, 4) is 23.0 Å². The molecule has 0 saturated carbocycles. The topological polar surface area (TPSA) is 57.2 Å². The fourth-order valence-corrected chi connectivity index (χ4v) is 4.48. The Morgan fingerprint density at radius 3 is 2.30 bits per heavy atom. The minimum absolute atomic E-state index is 0.0416. The molecule has 0 saturated heterocycles. The van der Waals surface area contributed by atoms with Crippen molar-refractivity contribution >= 4 is 21.8 Å². The lowest BCUT2D eigenvalue weighted by Gasteiger charge is -2.37. The molecular formula is C26H26BrNO5. The highest BCUT2D eigenvalue weighted by Gasteiger charge is 2.33. The van der Waals surface area contributed by atoms with E-state index in [-0.39, 0.29) is 11.9 Å². The summed E-state index contributed by atoms with van der Waals surface area (Å²) in [5.74, 6) is 2.73. The first kappa shape index (κ1) is 23.0. The van der Waals surface area contributed by atoms with Crippen LogP contribution in [0.5, 0.6) is 23.0 Å². The normalized spacial score (nSPS) is 14.9. The summed E-state index contributed by atoms with van der Waals surface area (Å²) in [6, 6.07) is 18.5. The Hall–Kier alpha value is -3.19. The van der Waals surface area contributed by atoms with Crippen LogP contribution < -0.4 is 18.9 Å². The fraction of sp³-hybridized carbons (Fsp3) is 0.269. The molecule has 0 aliphatic carbocycles. The second-order valence-electron chi connectivity index (χ2n) is 7.67. The van der Waals surface area contributed by atoms with Crippen LogP contribution >= 0.6 is 15.9 Å². The predicted molar refractivity (Wildman–Crippen MR) is 130 cm³/mol. The molecule has 1 aliphatic rings. The van der Waals surface area contributed by atoms with E-state index in [2.05, 4.69) is 15.9 Å². The third-order valence-electron chi connectivity index (χ3n) is 5.80. The molecule has 0 aromatic heterocycles. The molecule has 0 N–H and O–H groups in total. The average molecular weight is 512 g/mol. The van der Waals surface area contributed by atoms with E-state index >= 15 is 0 Å². The van der Waals surface area contributed by atoms with Crippen LogP contribution in [0.1, 0.15) is 27.5 Å². The maximum atomic E-state index is 13.5. The van der Waals surface area contributed by atoms with E-state index in [1.165, 1.54) is 0 Å². The quantitative estimate of drug-likeness (QED) is 0.431. The lowest BCUT2D eigenvalue weighted by molar-refractivity contribution is 0.0589. The van der Waals surface area contributed by atoms with Crippen LogP contribution in [0.2, 0.25) is 0 Å². The second kappa shape index (κ2) is 10.2. The summed E-state index contributed by atoms with van der Waals surface area (Å²) in [5, 5.41) is 0. The van der Waals surface area contributed by atoms with Crippen LogP contribution in [0.25, 0.3) is 0 Å². The molecule has 7 heteroatoms. The van der Waals surface area contributed by atoms with Gasteiger partial charge in [0.05, 0.1) is 27.4 Å².